The van der Waals surface area contributed by atoms with Crippen molar-refractivity contribution >= 4 is 5.91 Å². The maximum atomic E-state index is 12.1. The molecule has 0 radical (unpaired) electrons. The summed E-state index contributed by atoms with van der Waals surface area (Å²) in [5.41, 5.74) is 0. The Morgan fingerprint density at radius 3 is 2.35 bits per heavy atom. The van der Waals surface area contributed by atoms with Gasteiger partial charge < -0.3 is 20.3 Å². The van der Waals surface area contributed by atoms with Gasteiger partial charge in [-0.25, -0.2) is 0 Å². The molecule has 20 heavy (non-hydrogen) atoms. The van der Waals surface area contributed by atoms with E-state index in [0.29, 0.717) is 12.5 Å². The molecule has 5 nitrogen and oxygen atoms in total. The lowest BCUT2D eigenvalue weighted by Gasteiger charge is -2.22. The van der Waals surface area contributed by atoms with Gasteiger partial charge in [0.2, 0.25) is 5.91 Å². The standard InChI is InChI=1S/C15H33N3O2/c1-12(2)14(20-6)11-17-15(19)13(16-3)9-7-8-10-18(4)5/h12-14,16H,7-11H2,1-6H3,(H,17,19). The molecule has 2 unspecified atom stereocenters. The summed E-state index contributed by atoms with van der Waals surface area (Å²) >= 11 is 0. The summed E-state index contributed by atoms with van der Waals surface area (Å²) in [4.78, 5) is 14.3. The van der Waals surface area contributed by atoms with Gasteiger partial charge in [0, 0.05) is 13.7 Å². The van der Waals surface area contributed by atoms with E-state index < -0.39 is 0 Å². The molecule has 2 atom stereocenters. The van der Waals surface area contributed by atoms with E-state index in [-0.39, 0.29) is 18.1 Å². The highest BCUT2D eigenvalue weighted by molar-refractivity contribution is 5.81. The number of carbonyl (C=O) groups is 1. The molecule has 0 aromatic rings. The maximum absolute atomic E-state index is 12.1. The zero-order valence-electron chi connectivity index (χ0n) is 14.0. The predicted octanol–water partition coefficient (Wildman–Crippen LogP) is 1.09. The zero-order chi connectivity index (χ0) is 15.5. The summed E-state index contributed by atoms with van der Waals surface area (Å²) in [6.07, 6.45) is 3.11. The molecule has 0 saturated carbocycles. The number of nitrogens with one attached hydrogen (secondary N) is 2. The van der Waals surface area contributed by atoms with Crippen LogP contribution >= 0.6 is 0 Å². The Hall–Kier alpha value is -0.650. The normalized spacial score (nSPS) is 14.6. The van der Waals surface area contributed by atoms with E-state index in [1.807, 2.05) is 7.05 Å². The fraction of sp³-hybridized carbons (Fsp3) is 0.933. The van der Waals surface area contributed by atoms with Crippen LogP contribution in [-0.2, 0) is 9.53 Å². The summed E-state index contributed by atoms with van der Waals surface area (Å²) in [7, 11) is 7.66. The summed E-state index contributed by atoms with van der Waals surface area (Å²) in [5, 5.41) is 6.07. The van der Waals surface area contributed by atoms with Gasteiger partial charge in [0.15, 0.2) is 0 Å². The molecule has 0 bridgehead atoms. The minimum absolute atomic E-state index is 0.0695. The van der Waals surface area contributed by atoms with Crippen molar-refractivity contribution < 1.29 is 9.53 Å². The van der Waals surface area contributed by atoms with E-state index in [4.69, 9.17) is 4.74 Å². The molecule has 0 aromatic carbocycles. The van der Waals surface area contributed by atoms with Crippen molar-refractivity contribution in [2.24, 2.45) is 5.92 Å². The molecular weight excluding hydrogens is 254 g/mol. The first-order chi connectivity index (χ1) is 9.42. The van der Waals surface area contributed by atoms with Gasteiger partial charge in [-0.05, 0) is 46.4 Å². The minimum atomic E-state index is -0.109. The van der Waals surface area contributed by atoms with Crippen molar-refractivity contribution in [1.29, 1.82) is 0 Å². The first-order valence-corrected chi connectivity index (χ1v) is 7.54. The van der Waals surface area contributed by atoms with Crippen LogP contribution in [0.15, 0.2) is 0 Å². The Morgan fingerprint density at radius 2 is 1.90 bits per heavy atom. The zero-order valence-corrected chi connectivity index (χ0v) is 14.0. The highest BCUT2D eigenvalue weighted by Gasteiger charge is 2.18. The van der Waals surface area contributed by atoms with Gasteiger partial charge in [0.25, 0.3) is 0 Å². The summed E-state index contributed by atoms with van der Waals surface area (Å²) in [5.74, 6) is 0.466. The van der Waals surface area contributed by atoms with Crippen LogP contribution in [0.4, 0.5) is 0 Å². The van der Waals surface area contributed by atoms with Crippen LogP contribution in [0.5, 0.6) is 0 Å². The number of hydrogen-bond acceptors (Lipinski definition) is 4. The van der Waals surface area contributed by atoms with Gasteiger partial charge in [-0.15, -0.1) is 0 Å². The van der Waals surface area contributed by atoms with Gasteiger partial charge in [-0.3, -0.25) is 4.79 Å². The Morgan fingerprint density at radius 1 is 1.25 bits per heavy atom. The minimum Gasteiger partial charge on any atom is -0.379 e. The monoisotopic (exact) mass is 287 g/mol. The van der Waals surface area contributed by atoms with Gasteiger partial charge in [0.1, 0.15) is 0 Å². The molecule has 5 heteroatoms. The molecule has 0 aliphatic heterocycles. The number of hydrogen-bond donors (Lipinski definition) is 2. The average molecular weight is 287 g/mol. The molecule has 0 aliphatic carbocycles. The summed E-state index contributed by atoms with van der Waals surface area (Å²) in [6.45, 7) is 5.83. The fourth-order valence-corrected chi connectivity index (χ4v) is 2.10. The number of carbonyl (C=O) groups excluding carboxylic acids is 1. The molecule has 0 aromatic heterocycles. The molecule has 120 valence electrons. The lowest BCUT2D eigenvalue weighted by molar-refractivity contribution is -0.123. The van der Waals surface area contributed by atoms with E-state index in [9.17, 15) is 4.79 Å². The number of unbranched alkanes of at least 4 members (excludes halogenated alkanes) is 1. The number of likely N-dealkylation sites (N-methyl/N-ethyl adjacent to an activating group) is 1. The molecule has 0 spiro atoms. The van der Waals surface area contributed by atoms with Gasteiger partial charge in [-0.2, -0.15) is 0 Å². The second kappa shape index (κ2) is 11.1. The Labute approximate surface area is 124 Å². The van der Waals surface area contributed by atoms with Crippen LogP contribution in [-0.4, -0.2) is 64.3 Å². The third kappa shape index (κ3) is 8.51. The van der Waals surface area contributed by atoms with Gasteiger partial charge in [-0.1, -0.05) is 20.3 Å². The highest BCUT2D eigenvalue weighted by Crippen LogP contribution is 2.05. The van der Waals surface area contributed by atoms with Crippen molar-refractivity contribution in [3.63, 3.8) is 0 Å². The summed E-state index contributed by atoms with van der Waals surface area (Å²) in [6, 6.07) is -0.109. The third-order valence-electron chi connectivity index (χ3n) is 3.54. The van der Waals surface area contributed by atoms with Crippen LogP contribution in [0, 0.1) is 5.92 Å². The van der Waals surface area contributed by atoms with E-state index in [2.05, 4.69) is 43.5 Å². The van der Waals surface area contributed by atoms with Gasteiger partial charge >= 0.3 is 0 Å². The van der Waals surface area contributed by atoms with Crippen molar-refractivity contribution in [2.45, 2.75) is 45.3 Å². The predicted molar refractivity (Wildman–Crippen MR) is 83.9 cm³/mol. The van der Waals surface area contributed by atoms with E-state index >= 15 is 0 Å². The smallest absolute Gasteiger partial charge is 0.237 e. The lowest BCUT2D eigenvalue weighted by atomic mass is 10.1. The highest BCUT2D eigenvalue weighted by atomic mass is 16.5. The maximum Gasteiger partial charge on any atom is 0.237 e. The van der Waals surface area contributed by atoms with Crippen molar-refractivity contribution in [3.8, 4) is 0 Å². The van der Waals surface area contributed by atoms with Crippen LogP contribution in [0.3, 0.4) is 0 Å². The van der Waals surface area contributed by atoms with Gasteiger partial charge in [0.05, 0.1) is 12.1 Å². The van der Waals surface area contributed by atoms with Crippen LogP contribution in [0.25, 0.3) is 0 Å². The second-order valence-electron chi connectivity index (χ2n) is 5.90. The molecule has 2 N–H and O–H groups in total. The fourth-order valence-electron chi connectivity index (χ4n) is 2.10. The molecule has 0 fully saturated rings. The van der Waals surface area contributed by atoms with Crippen molar-refractivity contribution in [3.05, 3.63) is 0 Å². The SMILES string of the molecule is CNC(CCCCN(C)C)C(=O)NCC(OC)C(C)C. The number of methoxy groups -OCH3 is 1. The van der Waals surface area contributed by atoms with E-state index in [1.165, 1.54) is 0 Å². The molecule has 0 heterocycles. The number of amides is 1. The molecular formula is C15H33N3O2. The lowest BCUT2D eigenvalue weighted by Crippen LogP contribution is -2.46. The first-order valence-electron chi connectivity index (χ1n) is 7.54. The topological polar surface area (TPSA) is 53.6 Å². The number of ether oxygens (including phenoxy) is 1. The Balaban J connectivity index is 4.01. The van der Waals surface area contributed by atoms with Crippen molar-refractivity contribution in [2.75, 3.05) is 41.3 Å². The second-order valence-corrected chi connectivity index (χ2v) is 5.90. The van der Waals surface area contributed by atoms with Crippen molar-refractivity contribution in [1.82, 2.24) is 15.5 Å². The first kappa shape index (κ1) is 19.4. The van der Waals surface area contributed by atoms with E-state index in [1.54, 1.807) is 7.11 Å². The van der Waals surface area contributed by atoms with Crippen LogP contribution < -0.4 is 10.6 Å². The van der Waals surface area contributed by atoms with Crippen LogP contribution in [0.2, 0.25) is 0 Å². The summed E-state index contributed by atoms with van der Waals surface area (Å²) < 4.78 is 5.36. The van der Waals surface area contributed by atoms with Crippen LogP contribution in [0.1, 0.15) is 33.1 Å². The molecule has 1 amide bonds. The third-order valence-corrected chi connectivity index (χ3v) is 3.54. The Kier molecular flexibility index (Phi) is 10.7. The quantitative estimate of drug-likeness (QED) is 0.559. The Bertz CT molecular complexity index is 258. The average Bonchev–Trinajstić information content (AvgIpc) is 2.38. The largest absolute Gasteiger partial charge is 0.379 e. The molecule has 0 saturated heterocycles. The molecule has 0 aliphatic rings. The number of rotatable bonds is 11. The molecule has 0 rings (SSSR count). The van der Waals surface area contributed by atoms with E-state index in [0.717, 1.165) is 25.8 Å². The number of nitrogens with zero attached hydrogens (tertiary/aromatic N) is 1.